The van der Waals surface area contributed by atoms with Gasteiger partial charge in [0.2, 0.25) is 0 Å². The van der Waals surface area contributed by atoms with Gasteiger partial charge >= 0.3 is 0 Å². The number of benzene rings is 3. The SMILES string of the molecule is Cc1c(Cc2cc(O)cc(F)c2)c2ccc(C(=O)N[C@@H](C)c3cccc(C(C)(C)C)c3)cc2n1CC(C)C. The molecule has 0 spiro atoms. The third-order valence-corrected chi connectivity index (χ3v) is 7.19. The molecule has 0 saturated heterocycles. The van der Waals surface area contributed by atoms with Gasteiger partial charge in [-0.25, -0.2) is 4.39 Å². The minimum atomic E-state index is -0.454. The predicted octanol–water partition coefficient (Wildman–Crippen LogP) is 7.83. The average molecular weight is 515 g/mol. The molecule has 200 valence electrons. The molecular weight excluding hydrogens is 475 g/mol. The first-order chi connectivity index (χ1) is 17.8. The van der Waals surface area contributed by atoms with Crippen LogP contribution in [0.2, 0.25) is 0 Å². The number of carbonyl (C=O) groups excluding carboxylic acids is 1. The average Bonchev–Trinajstić information content (AvgIpc) is 3.07. The smallest absolute Gasteiger partial charge is 0.251 e. The molecule has 4 nitrogen and oxygen atoms in total. The molecule has 2 N–H and O–H groups in total. The molecule has 4 aromatic rings. The number of halogens is 1. The van der Waals surface area contributed by atoms with E-state index in [-0.39, 0.29) is 23.1 Å². The monoisotopic (exact) mass is 514 g/mol. The summed E-state index contributed by atoms with van der Waals surface area (Å²) in [7, 11) is 0. The molecule has 1 aromatic heterocycles. The van der Waals surface area contributed by atoms with E-state index in [0.717, 1.165) is 40.3 Å². The van der Waals surface area contributed by atoms with E-state index in [9.17, 15) is 14.3 Å². The van der Waals surface area contributed by atoms with Crippen molar-refractivity contribution in [3.63, 3.8) is 0 Å². The Morgan fingerprint density at radius 2 is 1.76 bits per heavy atom. The lowest BCUT2D eigenvalue weighted by molar-refractivity contribution is 0.0940. The lowest BCUT2D eigenvalue weighted by Gasteiger charge is -2.22. The highest BCUT2D eigenvalue weighted by Crippen LogP contribution is 2.31. The van der Waals surface area contributed by atoms with E-state index in [1.54, 1.807) is 6.07 Å². The van der Waals surface area contributed by atoms with Crippen LogP contribution < -0.4 is 5.32 Å². The number of nitrogens with zero attached hydrogens (tertiary/aromatic N) is 1. The molecule has 0 radical (unpaired) electrons. The fourth-order valence-corrected chi connectivity index (χ4v) is 5.09. The van der Waals surface area contributed by atoms with Gasteiger partial charge in [-0.2, -0.15) is 0 Å². The molecule has 5 heteroatoms. The van der Waals surface area contributed by atoms with Gasteiger partial charge in [-0.05, 0) is 71.7 Å². The van der Waals surface area contributed by atoms with Crippen LogP contribution in [0.3, 0.4) is 0 Å². The standard InChI is InChI=1S/C33H39FN2O2/c1-20(2)19-36-22(4)30(15-23-13-27(34)18-28(37)14-23)29-12-11-25(17-31(29)36)32(38)35-21(3)24-9-8-10-26(16-24)33(5,6)7/h8-14,16-18,20-21,37H,15,19H2,1-7H3,(H,35,38)/t21-/m0/s1. The molecule has 1 atom stereocenters. The maximum absolute atomic E-state index is 14.0. The summed E-state index contributed by atoms with van der Waals surface area (Å²) in [5.41, 5.74) is 6.81. The maximum Gasteiger partial charge on any atom is 0.251 e. The number of aromatic hydroxyl groups is 1. The summed E-state index contributed by atoms with van der Waals surface area (Å²) in [5.74, 6) is -0.246. The predicted molar refractivity (Wildman–Crippen MR) is 153 cm³/mol. The molecule has 0 aliphatic rings. The van der Waals surface area contributed by atoms with E-state index in [0.29, 0.717) is 23.5 Å². The highest BCUT2D eigenvalue weighted by atomic mass is 19.1. The van der Waals surface area contributed by atoms with Crippen LogP contribution in [0, 0.1) is 18.7 Å². The van der Waals surface area contributed by atoms with Crippen molar-refractivity contribution in [2.24, 2.45) is 5.92 Å². The van der Waals surface area contributed by atoms with Gasteiger partial charge < -0.3 is 15.0 Å². The zero-order valence-corrected chi connectivity index (χ0v) is 23.5. The molecule has 4 rings (SSSR count). The van der Waals surface area contributed by atoms with Crippen molar-refractivity contribution in [3.05, 3.63) is 100.0 Å². The number of phenols is 1. The summed E-state index contributed by atoms with van der Waals surface area (Å²) >= 11 is 0. The first-order valence-corrected chi connectivity index (χ1v) is 13.3. The van der Waals surface area contributed by atoms with Crippen LogP contribution in [0.5, 0.6) is 5.75 Å². The van der Waals surface area contributed by atoms with Crippen molar-refractivity contribution in [1.82, 2.24) is 9.88 Å². The van der Waals surface area contributed by atoms with Crippen molar-refractivity contribution in [2.75, 3.05) is 0 Å². The zero-order valence-electron chi connectivity index (χ0n) is 23.5. The van der Waals surface area contributed by atoms with Crippen LogP contribution in [-0.2, 0) is 18.4 Å². The minimum absolute atomic E-state index is 0.0342. The fraction of sp³-hybridized carbons (Fsp3) is 0.364. The number of carbonyl (C=O) groups is 1. The lowest BCUT2D eigenvalue weighted by Crippen LogP contribution is -2.27. The number of amides is 1. The first-order valence-electron chi connectivity index (χ1n) is 13.3. The molecule has 1 heterocycles. The van der Waals surface area contributed by atoms with E-state index in [1.165, 1.54) is 11.6 Å². The summed E-state index contributed by atoms with van der Waals surface area (Å²) in [6, 6.07) is 18.3. The van der Waals surface area contributed by atoms with Crippen molar-refractivity contribution < 1.29 is 14.3 Å². The maximum atomic E-state index is 14.0. The van der Waals surface area contributed by atoms with Gasteiger partial charge in [0, 0.05) is 41.2 Å². The third-order valence-electron chi connectivity index (χ3n) is 7.19. The normalized spacial score (nSPS) is 12.8. The summed E-state index contributed by atoms with van der Waals surface area (Å²) in [4.78, 5) is 13.4. The highest BCUT2D eigenvalue weighted by molar-refractivity contribution is 5.99. The van der Waals surface area contributed by atoms with Crippen molar-refractivity contribution >= 4 is 16.8 Å². The molecule has 3 aromatic carbocycles. The van der Waals surface area contributed by atoms with Crippen molar-refractivity contribution in [3.8, 4) is 5.75 Å². The van der Waals surface area contributed by atoms with Crippen LogP contribution in [0.25, 0.3) is 10.9 Å². The van der Waals surface area contributed by atoms with Crippen LogP contribution in [0.1, 0.15) is 85.9 Å². The van der Waals surface area contributed by atoms with E-state index in [4.69, 9.17) is 0 Å². The number of phenolic OH excluding ortho intramolecular Hbond substituents is 1. The topological polar surface area (TPSA) is 54.3 Å². The van der Waals surface area contributed by atoms with E-state index in [1.807, 2.05) is 31.2 Å². The molecule has 0 aliphatic carbocycles. The second kappa shape index (κ2) is 10.6. The fourth-order valence-electron chi connectivity index (χ4n) is 5.09. The molecule has 38 heavy (non-hydrogen) atoms. The Morgan fingerprint density at radius 3 is 2.42 bits per heavy atom. The molecule has 0 aliphatic heterocycles. The number of hydrogen-bond donors (Lipinski definition) is 2. The summed E-state index contributed by atoms with van der Waals surface area (Å²) < 4.78 is 16.2. The van der Waals surface area contributed by atoms with Crippen LogP contribution in [-0.4, -0.2) is 15.6 Å². The minimum Gasteiger partial charge on any atom is -0.508 e. The number of fused-ring (bicyclic) bond motifs is 1. The molecule has 0 fully saturated rings. The van der Waals surface area contributed by atoms with Crippen LogP contribution >= 0.6 is 0 Å². The Hall–Kier alpha value is -3.60. The van der Waals surface area contributed by atoms with E-state index in [2.05, 4.69) is 69.6 Å². The van der Waals surface area contributed by atoms with Crippen molar-refractivity contribution in [1.29, 1.82) is 0 Å². The number of aromatic nitrogens is 1. The van der Waals surface area contributed by atoms with Gasteiger partial charge in [-0.3, -0.25) is 4.79 Å². The Kier molecular flexibility index (Phi) is 7.68. The van der Waals surface area contributed by atoms with Crippen LogP contribution in [0.4, 0.5) is 4.39 Å². The third kappa shape index (κ3) is 5.93. The summed E-state index contributed by atoms with van der Waals surface area (Å²) in [6.07, 6.45) is 0.492. The molecule has 0 saturated carbocycles. The second-order valence-electron chi connectivity index (χ2n) is 11.9. The van der Waals surface area contributed by atoms with Crippen LogP contribution in [0.15, 0.2) is 60.7 Å². The van der Waals surface area contributed by atoms with Gasteiger partial charge in [-0.15, -0.1) is 0 Å². The highest BCUT2D eigenvalue weighted by Gasteiger charge is 2.20. The largest absolute Gasteiger partial charge is 0.508 e. The van der Waals surface area contributed by atoms with Gasteiger partial charge in [0.15, 0.2) is 0 Å². The van der Waals surface area contributed by atoms with Gasteiger partial charge in [0.1, 0.15) is 11.6 Å². The lowest BCUT2D eigenvalue weighted by atomic mass is 9.85. The van der Waals surface area contributed by atoms with E-state index >= 15 is 0 Å². The number of hydrogen-bond acceptors (Lipinski definition) is 2. The molecule has 0 unspecified atom stereocenters. The Balaban J connectivity index is 1.67. The Morgan fingerprint density at radius 1 is 1.03 bits per heavy atom. The molecular formula is C33H39FN2O2. The van der Waals surface area contributed by atoms with E-state index < -0.39 is 5.82 Å². The number of rotatable bonds is 7. The van der Waals surface area contributed by atoms with Gasteiger partial charge in [-0.1, -0.05) is 65.0 Å². The zero-order chi connectivity index (χ0) is 27.8. The molecule has 0 bridgehead atoms. The summed E-state index contributed by atoms with van der Waals surface area (Å²) in [5, 5.41) is 14.1. The summed E-state index contributed by atoms with van der Waals surface area (Å²) in [6.45, 7) is 15.8. The van der Waals surface area contributed by atoms with Crippen molar-refractivity contribution in [2.45, 2.75) is 72.9 Å². The molecule has 1 amide bonds. The number of nitrogens with one attached hydrogen (secondary N) is 1. The Bertz CT molecular complexity index is 1460. The quantitative estimate of drug-likeness (QED) is 0.264. The Labute approximate surface area is 225 Å². The van der Waals surface area contributed by atoms with Gasteiger partial charge in [0.25, 0.3) is 5.91 Å². The first kappa shape index (κ1) is 27.4. The van der Waals surface area contributed by atoms with Gasteiger partial charge in [0.05, 0.1) is 6.04 Å². The second-order valence-corrected chi connectivity index (χ2v) is 11.9.